The maximum atomic E-state index is 11.5. The molecule has 0 spiro atoms. The van der Waals surface area contributed by atoms with Crippen LogP contribution in [-0.4, -0.2) is 28.7 Å². The second-order valence-electron chi connectivity index (χ2n) is 3.12. The fourth-order valence-electron chi connectivity index (χ4n) is 1.000. The molecule has 1 aromatic rings. The molecule has 2 N–H and O–H groups in total. The van der Waals surface area contributed by atoms with Crippen LogP contribution in [0.15, 0.2) is 31.0 Å². The summed E-state index contributed by atoms with van der Waals surface area (Å²) in [4.78, 5) is 15.4. The number of aromatic nitrogens is 1. The highest BCUT2D eigenvalue weighted by Gasteiger charge is 2.14. The van der Waals surface area contributed by atoms with Crippen LogP contribution in [0.5, 0.6) is 5.75 Å². The lowest BCUT2D eigenvalue weighted by atomic mass is 10.3. The van der Waals surface area contributed by atoms with Gasteiger partial charge in [0.15, 0.2) is 11.6 Å². The van der Waals surface area contributed by atoms with Crippen LogP contribution < -0.4 is 5.32 Å². The lowest BCUT2D eigenvalue weighted by molar-refractivity contribution is -0.125. The minimum Gasteiger partial charge on any atom is -0.504 e. The highest BCUT2D eigenvalue weighted by molar-refractivity contribution is 5.94. The summed E-state index contributed by atoms with van der Waals surface area (Å²) in [6, 6.07) is 3.01. The number of hydrogen-bond acceptors (Lipinski definition) is 4. The number of rotatable bonds is 5. The van der Waals surface area contributed by atoms with Gasteiger partial charge < -0.3 is 15.2 Å². The van der Waals surface area contributed by atoms with E-state index in [1.165, 1.54) is 12.3 Å². The Labute approximate surface area is 93.8 Å². The number of nitrogens with zero attached hydrogens (tertiary/aromatic N) is 1. The minimum absolute atomic E-state index is 0.0771. The molecule has 0 saturated heterocycles. The van der Waals surface area contributed by atoms with E-state index >= 15 is 0 Å². The van der Waals surface area contributed by atoms with Crippen LogP contribution in [0.2, 0.25) is 0 Å². The van der Waals surface area contributed by atoms with Crippen molar-refractivity contribution in [1.29, 1.82) is 0 Å². The van der Waals surface area contributed by atoms with Crippen molar-refractivity contribution in [1.82, 2.24) is 4.98 Å². The van der Waals surface area contributed by atoms with Gasteiger partial charge in [-0.25, -0.2) is 4.98 Å². The summed E-state index contributed by atoms with van der Waals surface area (Å²) < 4.78 is 5.13. The summed E-state index contributed by atoms with van der Waals surface area (Å²) in [5, 5.41) is 11.8. The molecule has 86 valence electrons. The van der Waals surface area contributed by atoms with E-state index < -0.39 is 6.10 Å². The van der Waals surface area contributed by atoms with Gasteiger partial charge in [-0.15, -0.1) is 6.58 Å². The third-order valence-corrected chi connectivity index (χ3v) is 1.86. The molecule has 0 aliphatic rings. The van der Waals surface area contributed by atoms with Crippen molar-refractivity contribution in [2.75, 3.05) is 11.9 Å². The van der Waals surface area contributed by atoms with Crippen molar-refractivity contribution >= 4 is 11.7 Å². The van der Waals surface area contributed by atoms with Gasteiger partial charge in [-0.05, 0) is 19.1 Å². The van der Waals surface area contributed by atoms with Crippen molar-refractivity contribution < 1.29 is 14.6 Å². The fourth-order valence-corrected chi connectivity index (χ4v) is 1.000. The van der Waals surface area contributed by atoms with E-state index in [2.05, 4.69) is 16.9 Å². The molecule has 0 aliphatic heterocycles. The van der Waals surface area contributed by atoms with Crippen molar-refractivity contribution in [2.24, 2.45) is 0 Å². The van der Waals surface area contributed by atoms with Gasteiger partial charge in [-0.3, -0.25) is 4.79 Å². The van der Waals surface area contributed by atoms with E-state index in [9.17, 15) is 9.90 Å². The summed E-state index contributed by atoms with van der Waals surface area (Å²) in [6.07, 6.45) is 2.41. The van der Waals surface area contributed by atoms with E-state index in [-0.39, 0.29) is 17.5 Å². The molecular formula is C11H14N2O3. The average Bonchev–Trinajstić information content (AvgIpc) is 2.28. The lowest BCUT2D eigenvalue weighted by Crippen LogP contribution is -2.28. The number of pyridine rings is 1. The van der Waals surface area contributed by atoms with Crippen LogP contribution in [0.1, 0.15) is 6.92 Å². The van der Waals surface area contributed by atoms with E-state index in [4.69, 9.17) is 4.74 Å². The highest BCUT2D eigenvalue weighted by Crippen LogP contribution is 2.18. The van der Waals surface area contributed by atoms with Crippen molar-refractivity contribution in [2.45, 2.75) is 13.0 Å². The molecule has 1 atom stereocenters. The molecule has 0 radical (unpaired) electrons. The zero-order valence-corrected chi connectivity index (χ0v) is 9.01. The monoisotopic (exact) mass is 222 g/mol. The molecule has 0 aromatic carbocycles. The predicted octanol–water partition coefficient (Wildman–Crippen LogP) is 1.32. The summed E-state index contributed by atoms with van der Waals surface area (Å²) in [6.45, 7) is 5.39. The van der Waals surface area contributed by atoms with E-state index in [0.29, 0.717) is 6.61 Å². The fraction of sp³-hybridized carbons (Fsp3) is 0.273. The van der Waals surface area contributed by atoms with Gasteiger partial charge in [-0.2, -0.15) is 0 Å². The molecule has 0 saturated carbocycles. The Morgan fingerprint density at radius 3 is 3.19 bits per heavy atom. The number of amides is 1. The number of ether oxygens (including phenoxy) is 1. The summed E-state index contributed by atoms with van der Waals surface area (Å²) in [7, 11) is 0. The second-order valence-corrected chi connectivity index (χ2v) is 3.12. The first kappa shape index (κ1) is 12.2. The van der Waals surface area contributed by atoms with Crippen LogP contribution in [0.4, 0.5) is 5.82 Å². The zero-order chi connectivity index (χ0) is 12.0. The molecular weight excluding hydrogens is 208 g/mol. The lowest BCUT2D eigenvalue weighted by Gasteiger charge is -2.11. The van der Waals surface area contributed by atoms with E-state index in [0.717, 1.165) is 0 Å². The van der Waals surface area contributed by atoms with Crippen LogP contribution in [0, 0.1) is 0 Å². The molecule has 0 fully saturated rings. The smallest absolute Gasteiger partial charge is 0.254 e. The SMILES string of the molecule is C=CCO[C@H](C)C(=O)Nc1ncccc1O. The van der Waals surface area contributed by atoms with Crippen LogP contribution in [-0.2, 0) is 9.53 Å². The van der Waals surface area contributed by atoms with Gasteiger partial charge in [0.25, 0.3) is 5.91 Å². The van der Waals surface area contributed by atoms with Crippen LogP contribution in [0.25, 0.3) is 0 Å². The maximum absolute atomic E-state index is 11.5. The van der Waals surface area contributed by atoms with Gasteiger partial charge in [0.05, 0.1) is 6.61 Å². The first-order valence-corrected chi connectivity index (χ1v) is 4.82. The highest BCUT2D eigenvalue weighted by atomic mass is 16.5. The predicted molar refractivity (Wildman–Crippen MR) is 60.1 cm³/mol. The van der Waals surface area contributed by atoms with Gasteiger partial charge in [-0.1, -0.05) is 6.08 Å². The average molecular weight is 222 g/mol. The molecule has 1 aromatic heterocycles. The van der Waals surface area contributed by atoms with Crippen molar-refractivity contribution in [3.8, 4) is 5.75 Å². The maximum Gasteiger partial charge on any atom is 0.254 e. The Bertz CT molecular complexity index is 379. The van der Waals surface area contributed by atoms with Gasteiger partial charge in [0, 0.05) is 6.20 Å². The van der Waals surface area contributed by atoms with Crippen LogP contribution in [0.3, 0.4) is 0 Å². The second kappa shape index (κ2) is 5.87. The number of aromatic hydroxyl groups is 1. The topological polar surface area (TPSA) is 71.5 Å². The summed E-state index contributed by atoms with van der Waals surface area (Å²) in [5.74, 6) is -0.316. The largest absolute Gasteiger partial charge is 0.504 e. The van der Waals surface area contributed by atoms with E-state index in [1.807, 2.05) is 0 Å². The number of nitrogens with one attached hydrogen (secondary N) is 1. The third kappa shape index (κ3) is 3.36. The summed E-state index contributed by atoms with van der Waals surface area (Å²) in [5.41, 5.74) is 0. The first-order valence-electron chi connectivity index (χ1n) is 4.82. The number of anilines is 1. The summed E-state index contributed by atoms with van der Waals surface area (Å²) >= 11 is 0. The molecule has 1 heterocycles. The molecule has 0 bridgehead atoms. The molecule has 1 amide bonds. The Hall–Kier alpha value is -1.88. The Kier molecular flexibility index (Phi) is 4.47. The Morgan fingerprint density at radius 2 is 2.56 bits per heavy atom. The number of carbonyl (C=O) groups excluding carboxylic acids is 1. The molecule has 0 aliphatic carbocycles. The Morgan fingerprint density at radius 1 is 1.81 bits per heavy atom. The standard InChI is InChI=1S/C11H14N2O3/c1-3-7-16-8(2)11(15)13-10-9(14)5-4-6-12-10/h3-6,8,14H,1,7H2,2H3,(H,12,13,15)/t8-/m1/s1. The quantitative estimate of drug-likeness (QED) is 0.737. The Balaban J connectivity index is 2.57. The molecule has 5 nitrogen and oxygen atoms in total. The number of carbonyl (C=O) groups is 1. The molecule has 0 unspecified atom stereocenters. The normalized spacial score (nSPS) is 11.8. The molecule has 16 heavy (non-hydrogen) atoms. The van der Waals surface area contributed by atoms with Gasteiger partial charge >= 0.3 is 0 Å². The van der Waals surface area contributed by atoms with Gasteiger partial charge in [0.2, 0.25) is 0 Å². The minimum atomic E-state index is -0.626. The number of hydrogen-bond donors (Lipinski definition) is 2. The van der Waals surface area contributed by atoms with Gasteiger partial charge in [0.1, 0.15) is 6.10 Å². The third-order valence-electron chi connectivity index (χ3n) is 1.86. The van der Waals surface area contributed by atoms with E-state index in [1.54, 1.807) is 19.1 Å². The molecule has 1 rings (SSSR count). The van der Waals surface area contributed by atoms with Crippen molar-refractivity contribution in [3.63, 3.8) is 0 Å². The van der Waals surface area contributed by atoms with Crippen molar-refractivity contribution in [3.05, 3.63) is 31.0 Å². The molecule has 5 heteroatoms. The van der Waals surface area contributed by atoms with Crippen LogP contribution >= 0.6 is 0 Å². The first-order chi connectivity index (χ1) is 7.65. The zero-order valence-electron chi connectivity index (χ0n) is 9.01.